The van der Waals surface area contributed by atoms with Gasteiger partial charge in [0.25, 0.3) is 15.6 Å². The summed E-state index contributed by atoms with van der Waals surface area (Å²) in [6.07, 6.45) is 1.69. The molecule has 0 aliphatic heterocycles. The van der Waals surface area contributed by atoms with Crippen LogP contribution < -0.4 is 20.9 Å². The van der Waals surface area contributed by atoms with E-state index in [1.54, 1.807) is 56.7 Å². The van der Waals surface area contributed by atoms with Crippen molar-refractivity contribution in [3.8, 4) is 11.1 Å². The normalized spacial score (nSPS) is 11.0. The highest BCUT2D eigenvalue weighted by Gasteiger charge is 2.13. The molecule has 1 heterocycles. The van der Waals surface area contributed by atoms with E-state index in [1.807, 2.05) is 12.1 Å². The molecule has 3 rings (SSSR count). The third-order valence-electron chi connectivity index (χ3n) is 4.39. The van der Waals surface area contributed by atoms with Crippen molar-refractivity contribution in [3.63, 3.8) is 0 Å². The Balaban J connectivity index is 2.15. The highest BCUT2D eigenvalue weighted by atomic mass is 35.5. The first-order chi connectivity index (χ1) is 14.2. The van der Waals surface area contributed by atoms with Crippen LogP contribution >= 0.6 is 11.6 Å². The number of nitrogens with zero attached hydrogens (tertiary/aromatic N) is 1. The Morgan fingerprint density at radius 3 is 2.33 bits per heavy atom. The van der Waals surface area contributed by atoms with Crippen molar-refractivity contribution in [1.82, 2.24) is 4.57 Å². The standard InChI is InChI=1S/C21H21ClN4O3S/c1-4-30(28,29)25-17-9-10-19(24-16-7-5-15(22)6-8-16)18(12-17)14-11-20(23-2)21(27)26(3)13-14/h4-13,23-25H,1H2,2-3H3. The van der Waals surface area contributed by atoms with Gasteiger partial charge in [0.1, 0.15) is 5.69 Å². The monoisotopic (exact) mass is 444 g/mol. The minimum absolute atomic E-state index is 0.169. The minimum atomic E-state index is -3.66. The molecule has 0 saturated carbocycles. The van der Waals surface area contributed by atoms with Crippen LogP contribution in [-0.4, -0.2) is 20.0 Å². The molecule has 2 aromatic carbocycles. The number of halogens is 1. The smallest absolute Gasteiger partial charge is 0.273 e. The van der Waals surface area contributed by atoms with E-state index in [0.29, 0.717) is 22.0 Å². The summed E-state index contributed by atoms with van der Waals surface area (Å²) in [7, 11) is -0.340. The average molecular weight is 445 g/mol. The summed E-state index contributed by atoms with van der Waals surface area (Å²) in [5, 5.41) is 7.66. The average Bonchev–Trinajstić information content (AvgIpc) is 2.72. The number of sulfonamides is 1. The van der Waals surface area contributed by atoms with Crippen LogP contribution in [0.3, 0.4) is 0 Å². The van der Waals surface area contributed by atoms with Crippen LogP contribution in [0.5, 0.6) is 0 Å². The SMILES string of the molecule is C=CS(=O)(=O)Nc1ccc(Nc2ccc(Cl)cc2)c(-c2cc(NC)c(=O)n(C)c2)c1. The van der Waals surface area contributed by atoms with E-state index in [2.05, 4.69) is 21.9 Å². The second kappa shape index (κ2) is 8.64. The van der Waals surface area contributed by atoms with Crippen LogP contribution in [-0.2, 0) is 17.1 Å². The maximum absolute atomic E-state index is 12.3. The van der Waals surface area contributed by atoms with Crippen molar-refractivity contribution in [1.29, 1.82) is 0 Å². The first-order valence-electron chi connectivity index (χ1n) is 8.93. The number of aromatic nitrogens is 1. The molecule has 0 unspecified atom stereocenters. The lowest BCUT2D eigenvalue weighted by atomic mass is 10.0. The minimum Gasteiger partial charge on any atom is -0.384 e. The highest BCUT2D eigenvalue weighted by molar-refractivity contribution is 7.95. The molecule has 0 radical (unpaired) electrons. The molecule has 3 N–H and O–H groups in total. The fraction of sp³-hybridized carbons (Fsp3) is 0.0952. The Kier molecular flexibility index (Phi) is 6.19. The Morgan fingerprint density at radius 2 is 1.70 bits per heavy atom. The van der Waals surface area contributed by atoms with Gasteiger partial charge in [-0.05, 0) is 48.5 Å². The van der Waals surface area contributed by atoms with Crippen LogP contribution in [0.15, 0.2) is 71.5 Å². The summed E-state index contributed by atoms with van der Waals surface area (Å²) in [6.45, 7) is 3.31. The molecular formula is C21H21ClN4O3S. The van der Waals surface area contributed by atoms with E-state index in [0.717, 1.165) is 22.3 Å². The summed E-state index contributed by atoms with van der Waals surface area (Å²) >= 11 is 5.96. The van der Waals surface area contributed by atoms with E-state index in [4.69, 9.17) is 11.6 Å². The summed E-state index contributed by atoms with van der Waals surface area (Å²) in [5.41, 5.74) is 3.56. The first kappa shape index (κ1) is 21.5. The maximum atomic E-state index is 12.3. The second-order valence-corrected chi connectivity index (χ2v) is 8.58. The number of hydrogen-bond donors (Lipinski definition) is 3. The molecule has 0 atom stereocenters. The number of pyridine rings is 1. The predicted molar refractivity (Wildman–Crippen MR) is 124 cm³/mol. The Morgan fingerprint density at radius 1 is 1.03 bits per heavy atom. The van der Waals surface area contributed by atoms with Gasteiger partial charge in [0.05, 0.1) is 0 Å². The maximum Gasteiger partial charge on any atom is 0.273 e. The summed E-state index contributed by atoms with van der Waals surface area (Å²) < 4.78 is 27.7. The number of anilines is 4. The van der Waals surface area contributed by atoms with Crippen molar-refractivity contribution in [2.75, 3.05) is 22.4 Å². The fourth-order valence-electron chi connectivity index (χ4n) is 2.89. The number of aryl methyl sites for hydroxylation is 1. The van der Waals surface area contributed by atoms with Gasteiger partial charge in [0.15, 0.2) is 0 Å². The third-order valence-corrected chi connectivity index (χ3v) is 5.60. The second-order valence-electron chi connectivity index (χ2n) is 6.51. The third kappa shape index (κ3) is 4.84. The molecule has 0 aliphatic rings. The lowest BCUT2D eigenvalue weighted by molar-refractivity contribution is 0.609. The quantitative estimate of drug-likeness (QED) is 0.503. The van der Waals surface area contributed by atoms with Crippen molar-refractivity contribution in [2.24, 2.45) is 7.05 Å². The Hall–Kier alpha value is -3.23. The molecule has 0 saturated heterocycles. The van der Waals surface area contributed by atoms with Crippen molar-refractivity contribution >= 4 is 44.4 Å². The first-order valence-corrected chi connectivity index (χ1v) is 10.9. The summed E-state index contributed by atoms with van der Waals surface area (Å²) in [4.78, 5) is 12.3. The molecule has 156 valence electrons. The van der Waals surface area contributed by atoms with Crippen LogP contribution in [0, 0.1) is 0 Å². The van der Waals surface area contributed by atoms with Gasteiger partial charge in [0.2, 0.25) is 0 Å². The van der Waals surface area contributed by atoms with E-state index < -0.39 is 10.0 Å². The zero-order valence-electron chi connectivity index (χ0n) is 16.4. The molecule has 30 heavy (non-hydrogen) atoms. The lowest BCUT2D eigenvalue weighted by Gasteiger charge is -2.16. The van der Waals surface area contributed by atoms with Crippen LogP contribution in [0.4, 0.5) is 22.7 Å². The van der Waals surface area contributed by atoms with Crippen molar-refractivity contribution < 1.29 is 8.42 Å². The molecule has 1 aromatic heterocycles. The highest BCUT2D eigenvalue weighted by Crippen LogP contribution is 2.34. The lowest BCUT2D eigenvalue weighted by Crippen LogP contribution is -2.19. The largest absolute Gasteiger partial charge is 0.384 e. The molecule has 9 heteroatoms. The summed E-state index contributed by atoms with van der Waals surface area (Å²) in [6, 6.07) is 14.0. The van der Waals surface area contributed by atoms with Gasteiger partial charge in [-0.25, -0.2) is 8.42 Å². The predicted octanol–water partition coefficient (Wildman–Crippen LogP) is 4.38. The van der Waals surface area contributed by atoms with E-state index in [-0.39, 0.29) is 5.56 Å². The molecule has 3 aromatic rings. The van der Waals surface area contributed by atoms with E-state index in [1.165, 1.54) is 4.57 Å². The van der Waals surface area contributed by atoms with Gasteiger partial charge in [0, 0.05) is 58.9 Å². The van der Waals surface area contributed by atoms with E-state index in [9.17, 15) is 13.2 Å². The fourth-order valence-corrected chi connectivity index (χ4v) is 3.55. The molecular weight excluding hydrogens is 424 g/mol. The van der Waals surface area contributed by atoms with Crippen LogP contribution in [0.2, 0.25) is 5.02 Å². The molecule has 0 spiro atoms. The Bertz CT molecular complexity index is 1250. The van der Waals surface area contributed by atoms with Crippen molar-refractivity contribution in [2.45, 2.75) is 0 Å². The molecule has 0 bridgehead atoms. The topological polar surface area (TPSA) is 92.2 Å². The number of benzene rings is 2. The van der Waals surface area contributed by atoms with Gasteiger partial charge in [-0.1, -0.05) is 18.2 Å². The zero-order valence-corrected chi connectivity index (χ0v) is 18.0. The molecule has 0 aliphatic carbocycles. The van der Waals surface area contributed by atoms with Crippen LogP contribution in [0.25, 0.3) is 11.1 Å². The van der Waals surface area contributed by atoms with E-state index >= 15 is 0 Å². The molecule has 0 fully saturated rings. The van der Waals surface area contributed by atoms with Crippen molar-refractivity contribution in [3.05, 3.63) is 82.1 Å². The zero-order chi connectivity index (χ0) is 21.9. The number of rotatable bonds is 7. The molecule has 7 nitrogen and oxygen atoms in total. The number of nitrogens with one attached hydrogen (secondary N) is 3. The molecule has 0 amide bonds. The Labute approximate surface area is 180 Å². The summed E-state index contributed by atoms with van der Waals surface area (Å²) in [5.74, 6) is 0. The van der Waals surface area contributed by atoms with Gasteiger partial charge < -0.3 is 15.2 Å². The van der Waals surface area contributed by atoms with Gasteiger partial charge in [-0.3, -0.25) is 9.52 Å². The van der Waals surface area contributed by atoms with Gasteiger partial charge in [-0.15, -0.1) is 0 Å². The van der Waals surface area contributed by atoms with Gasteiger partial charge in [-0.2, -0.15) is 0 Å². The number of hydrogen-bond acceptors (Lipinski definition) is 5. The van der Waals surface area contributed by atoms with Crippen LogP contribution in [0.1, 0.15) is 0 Å². The van der Waals surface area contributed by atoms with Gasteiger partial charge >= 0.3 is 0 Å².